The van der Waals surface area contributed by atoms with Crippen molar-refractivity contribution in [2.75, 3.05) is 6.54 Å². The summed E-state index contributed by atoms with van der Waals surface area (Å²) in [4.78, 5) is 17.4. The Kier molecular flexibility index (Phi) is 6.43. The van der Waals surface area contributed by atoms with Crippen LogP contribution in [0.15, 0.2) is 83.8 Å². The molecule has 5 heteroatoms. The van der Waals surface area contributed by atoms with Crippen molar-refractivity contribution in [1.82, 2.24) is 14.9 Å². The summed E-state index contributed by atoms with van der Waals surface area (Å²) in [7, 11) is 0. The molecule has 0 spiro atoms. The number of pyridine rings is 2. The highest BCUT2D eigenvalue weighted by Gasteiger charge is 2.06. The van der Waals surface area contributed by atoms with Crippen molar-refractivity contribution in [2.24, 2.45) is 0 Å². The van der Waals surface area contributed by atoms with Gasteiger partial charge < -0.3 is 10.1 Å². The van der Waals surface area contributed by atoms with Crippen LogP contribution in [-0.2, 0) is 13.0 Å². The van der Waals surface area contributed by atoms with E-state index in [2.05, 4.69) is 31.3 Å². The first-order chi connectivity index (χ1) is 15.1. The third-order valence-corrected chi connectivity index (χ3v) is 5.08. The van der Waals surface area contributed by atoms with Crippen LogP contribution in [0.2, 0.25) is 0 Å². The summed E-state index contributed by atoms with van der Waals surface area (Å²) < 4.78 is 7.39. The third-order valence-electron chi connectivity index (χ3n) is 5.08. The predicted octanol–water partition coefficient (Wildman–Crippen LogP) is 4.51. The number of fused-ring (bicyclic) bond motifs is 1. The Morgan fingerprint density at radius 3 is 2.61 bits per heavy atom. The minimum Gasteiger partial charge on any atom is -0.489 e. The fraction of sp³-hybridized carbons (Fsp3) is 0.231. The normalized spacial score (nSPS) is 11.2. The van der Waals surface area contributed by atoms with Gasteiger partial charge in [0.15, 0.2) is 0 Å². The van der Waals surface area contributed by atoms with Crippen LogP contribution in [0.4, 0.5) is 0 Å². The van der Waals surface area contributed by atoms with E-state index in [1.807, 2.05) is 54.6 Å². The van der Waals surface area contributed by atoms with Crippen molar-refractivity contribution in [1.29, 1.82) is 0 Å². The van der Waals surface area contributed by atoms with Crippen LogP contribution in [0.1, 0.15) is 25.1 Å². The van der Waals surface area contributed by atoms with Crippen LogP contribution in [0.3, 0.4) is 0 Å². The molecule has 2 aromatic carbocycles. The first kappa shape index (κ1) is 20.8. The summed E-state index contributed by atoms with van der Waals surface area (Å²) in [5.74, 6) is 0.562. The number of nitrogens with zero attached hydrogens (tertiary/aromatic N) is 2. The van der Waals surface area contributed by atoms with Crippen LogP contribution in [0, 0.1) is 0 Å². The summed E-state index contributed by atoms with van der Waals surface area (Å²) in [6.45, 7) is 5.61. The van der Waals surface area contributed by atoms with Gasteiger partial charge >= 0.3 is 0 Å². The van der Waals surface area contributed by atoms with Crippen LogP contribution >= 0.6 is 0 Å². The predicted molar refractivity (Wildman–Crippen MR) is 125 cm³/mol. The molecular weight excluding hydrogens is 386 g/mol. The van der Waals surface area contributed by atoms with Crippen LogP contribution in [-0.4, -0.2) is 22.1 Å². The molecule has 2 aromatic heterocycles. The van der Waals surface area contributed by atoms with Gasteiger partial charge in [-0.15, -0.1) is 0 Å². The van der Waals surface area contributed by atoms with E-state index in [-0.39, 0.29) is 5.56 Å². The Morgan fingerprint density at radius 2 is 1.84 bits per heavy atom. The van der Waals surface area contributed by atoms with E-state index in [4.69, 9.17) is 9.72 Å². The molecule has 31 heavy (non-hydrogen) atoms. The molecule has 0 unspecified atom stereocenters. The Hall–Kier alpha value is -3.44. The maximum absolute atomic E-state index is 12.7. The van der Waals surface area contributed by atoms with Crippen LogP contribution in [0.5, 0.6) is 5.75 Å². The Morgan fingerprint density at radius 1 is 1.00 bits per heavy atom. The molecule has 0 fully saturated rings. The molecule has 0 aliphatic carbocycles. The van der Waals surface area contributed by atoms with E-state index in [0.29, 0.717) is 18.4 Å². The SMILES string of the molecule is CC(C)NCCc1ccc2cc(-n3ccc(OCc4ccccc4)cc3=O)ccc2n1. The van der Waals surface area contributed by atoms with E-state index < -0.39 is 0 Å². The molecular formula is C26H27N3O2. The minimum atomic E-state index is -0.130. The largest absolute Gasteiger partial charge is 0.489 e. The second kappa shape index (κ2) is 9.58. The smallest absolute Gasteiger partial charge is 0.258 e. The van der Waals surface area contributed by atoms with Gasteiger partial charge in [-0.05, 0) is 35.9 Å². The minimum absolute atomic E-state index is 0.130. The van der Waals surface area contributed by atoms with Gasteiger partial charge in [-0.1, -0.05) is 50.2 Å². The molecule has 158 valence electrons. The monoisotopic (exact) mass is 413 g/mol. The Labute approximate surface area is 182 Å². The molecule has 0 atom stereocenters. The molecule has 0 radical (unpaired) electrons. The summed E-state index contributed by atoms with van der Waals surface area (Å²) >= 11 is 0. The zero-order valence-corrected chi connectivity index (χ0v) is 17.9. The lowest BCUT2D eigenvalue weighted by Gasteiger charge is -2.11. The molecule has 0 bridgehead atoms. The van der Waals surface area contributed by atoms with Gasteiger partial charge in [-0.3, -0.25) is 14.3 Å². The topological polar surface area (TPSA) is 56.2 Å². The lowest BCUT2D eigenvalue weighted by molar-refractivity contribution is 0.305. The van der Waals surface area contributed by atoms with Crippen molar-refractivity contribution in [2.45, 2.75) is 32.9 Å². The van der Waals surface area contributed by atoms with Gasteiger partial charge in [0.1, 0.15) is 12.4 Å². The Bertz CT molecular complexity index is 1220. The summed E-state index contributed by atoms with van der Waals surface area (Å²) in [5, 5.41) is 4.42. The van der Waals surface area contributed by atoms with E-state index in [0.717, 1.165) is 40.8 Å². The quantitative estimate of drug-likeness (QED) is 0.462. The van der Waals surface area contributed by atoms with Crippen molar-refractivity contribution in [3.05, 3.63) is 101 Å². The van der Waals surface area contributed by atoms with Crippen molar-refractivity contribution in [3.8, 4) is 11.4 Å². The lowest BCUT2D eigenvalue weighted by Crippen LogP contribution is -2.25. The van der Waals surface area contributed by atoms with E-state index in [9.17, 15) is 4.79 Å². The number of ether oxygens (including phenoxy) is 1. The van der Waals surface area contributed by atoms with Gasteiger partial charge in [-0.2, -0.15) is 0 Å². The fourth-order valence-corrected chi connectivity index (χ4v) is 3.44. The van der Waals surface area contributed by atoms with Crippen molar-refractivity contribution >= 4 is 10.9 Å². The van der Waals surface area contributed by atoms with E-state index >= 15 is 0 Å². The highest BCUT2D eigenvalue weighted by Crippen LogP contribution is 2.18. The number of benzene rings is 2. The van der Waals surface area contributed by atoms with Gasteiger partial charge in [-0.25, -0.2) is 0 Å². The van der Waals surface area contributed by atoms with Crippen LogP contribution in [0.25, 0.3) is 16.6 Å². The average Bonchev–Trinajstić information content (AvgIpc) is 2.78. The molecule has 0 saturated heterocycles. The zero-order chi connectivity index (χ0) is 21.6. The van der Waals surface area contributed by atoms with Gasteiger partial charge in [0.25, 0.3) is 5.56 Å². The van der Waals surface area contributed by atoms with Crippen molar-refractivity contribution in [3.63, 3.8) is 0 Å². The molecule has 0 aliphatic heterocycles. The van der Waals surface area contributed by atoms with E-state index in [1.165, 1.54) is 6.07 Å². The van der Waals surface area contributed by atoms with Gasteiger partial charge in [0.2, 0.25) is 0 Å². The number of hydrogen-bond acceptors (Lipinski definition) is 4. The summed E-state index contributed by atoms with van der Waals surface area (Å²) in [6.07, 6.45) is 2.64. The number of aromatic nitrogens is 2. The van der Waals surface area contributed by atoms with E-state index in [1.54, 1.807) is 10.8 Å². The number of rotatable bonds is 8. The molecule has 1 N–H and O–H groups in total. The molecule has 0 amide bonds. The van der Waals surface area contributed by atoms with Crippen molar-refractivity contribution < 1.29 is 4.74 Å². The fourth-order valence-electron chi connectivity index (χ4n) is 3.44. The summed E-state index contributed by atoms with van der Waals surface area (Å²) in [5.41, 5.74) is 3.73. The maximum Gasteiger partial charge on any atom is 0.258 e. The average molecular weight is 414 g/mol. The number of nitrogens with one attached hydrogen (secondary N) is 1. The first-order valence-corrected chi connectivity index (χ1v) is 10.6. The first-order valence-electron chi connectivity index (χ1n) is 10.6. The summed E-state index contributed by atoms with van der Waals surface area (Å²) in [6, 6.07) is 23.7. The van der Waals surface area contributed by atoms with Gasteiger partial charge in [0, 0.05) is 48.0 Å². The molecule has 4 rings (SSSR count). The zero-order valence-electron chi connectivity index (χ0n) is 17.9. The van der Waals surface area contributed by atoms with Crippen LogP contribution < -0.4 is 15.6 Å². The maximum atomic E-state index is 12.7. The second-order valence-corrected chi connectivity index (χ2v) is 7.88. The molecule has 0 aliphatic rings. The lowest BCUT2D eigenvalue weighted by atomic mass is 10.1. The molecule has 4 aromatic rings. The third kappa shape index (κ3) is 5.38. The number of hydrogen-bond donors (Lipinski definition) is 1. The molecule has 2 heterocycles. The molecule has 5 nitrogen and oxygen atoms in total. The van der Waals surface area contributed by atoms with Gasteiger partial charge in [0.05, 0.1) is 5.52 Å². The standard InChI is InChI=1S/C26H27N3O2/c1-19(2)27-14-12-22-9-8-21-16-23(10-11-25(21)28-22)29-15-13-24(17-26(29)30)31-18-20-6-4-3-5-7-20/h3-11,13,15-17,19,27H,12,14,18H2,1-2H3. The highest BCUT2D eigenvalue weighted by atomic mass is 16.5. The molecule has 0 saturated carbocycles. The second-order valence-electron chi connectivity index (χ2n) is 7.88. The highest BCUT2D eigenvalue weighted by molar-refractivity contribution is 5.81. The Balaban J connectivity index is 1.49.